The SMILES string of the molecule is CC(C)Nc1ncccn1.CC(C)Nc1ncccn1. The van der Waals surface area contributed by atoms with Crippen LogP contribution in [0.3, 0.4) is 0 Å². The normalized spacial score (nSPS) is 9.90. The number of aromatic nitrogens is 4. The highest BCUT2D eigenvalue weighted by molar-refractivity contribution is 5.23. The molecular formula is C14H22N6. The van der Waals surface area contributed by atoms with Crippen LogP contribution in [0.2, 0.25) is 0 Å². The zero-order valence-electron chi connectivity index (χ0n) is 12.4. The maximum atomic E-state index is 4.00. The molecule has 20 heavy (non-hydrogen) atoms. The molecule has 108 valence electrons. The van der Waals surface area contributed by atoms with E-state index in [1.165, 1.54) is 0 Å². The molecule has 0 bridgehead atoms. The molecule has 0 amide bonds. The van der Waals surface area contributed by atoms with Crippen LogP contribution in [0.1, 0.15) is 27.7 Å². The van der Waals surface area contributed by atoms with E-state index in [0.717, 1.165) is 0 Å². The number of anilines is 2. The fourth-order valence-corrected chi connectivity index (χ4v) is 1.26. The van der Waals surface area contributed by atoms with Crippen LogP contribution in [0.25, 0.3) is 0 Å². The molecule has 0 saturated heterocycles. The largest absolute Gasteiger partial charge is 0.352 e. The highest BCUT2D eigenvalue weighted by Crippen LogP contribution is 1.96. The van der Waals surface area contributed by atoms with E-state index in [1.54, 1.807) is 36.9 Å². The zero-order chi connectivity index (χ0) is 14.8. The van der Waals surface area contributed by atoms with Gasteiger partial charge in [0.25, 0.3) is 0 Å². The standard InChI is InChI=1S/2C7H11N3/c2*1-6(2)10-7-8-4-3-5-9-7/h2*3-6H,1-2H3,(H,8,9,10). The van der Waals surface area contributed by atoms with Gasteiger partial charge in [-0.2, -0.15) is 0 Å². The number of hydrogen-bond donors (Lipinski definition) is 2. The minimum atomic E-state index is 0.391. The van der Waals surface area contributed by atoms with Gasteiger partial charge in [-0.25, -0.2) is 19.9 Å². The van der Waals surface area contributed by atoms with Crippen molar-refractivity contribution in [2.45, 2.75) is 39.8 Å². The van der Waals surface area contributed by atoms with Crippen molar-refractivity contribution in [3.8, 4) is 0 Å². The van der Waals surface area contributed by atoms with Crippen LogP contribution in [-0.2, 0) is 0 Å². The van der Waals surface area contributed by atoms with E-state index in [1.807, 2.05) is 0 Å². The maximum Gasteiger partial charge on any atom is 0.222 e. The Morgan fingerprint density at radius 1 is 0.650 bits per heavy atom. The van der Waals surface area contributed by atoms with Gasteiger partial charge in [-0.1, -0.05) is 0 Å². The molecule has 0 aliphatic carbocycles. The van der Waals surface area contributed by atoms with E-state index in [4.69, 9.17) is 0 Å². The molecule has 0 aliphatic heterocycles. The van der Waals surface area contributed by atoms with E-state index in [2.05, 4.69) is 58.3 Å². The zero-order valence-corrected chi connectivity index (χ0v) is 12.4. The average Bonchev–Trinajstić information content (AvgIpc) is 2.40. The summed E-state index contributed by atoms with van der Waals surface area (Å²) in [5, 5.41) is 6.16. The van der Waals surface area contributed by atoms with E-state index in [-0.39, 0.29) is 0 Å². The van der Waals surface area contributed by atoms with E-state index in [0.29, 0.717) is 24.0 Å². The number of nitrogens with zero attached hydrogens (tertiary/aromatic N) is 4. The Hall–Kier alpha value is -2.24. The fourth-order valence-electron chi connectivity index (χ4n) is 1.26. The second kappa shape index (κ2) is 8.79. The average molecular weight is 274 g/mol. The topological polar surface area (TPSA) is 75.6 Å². The summed E-state index contributed by atoms with van der Waals surface area (Å²) in [6.07, 6.45) is 6.88. The lowest BCUT2D eigenvalue weighted by atomic mass is 10.4. The van der Waals surface area contributed by atoms with Crippen molar-refractivity contribution in [1.82, 2.24) is 19.9 Å². The molecule has 0 unspecified atom stereocenters. The van der Waals surface area contributed by atoms with Crippen molar-refractivity contribution in [1.29, 1.82) is 0 Å². The Morgan fingerprint density at radius 2 is 0.950 bits per heavy atom. The summed E-state index contributed by atoms with van der Waals surface area (Å²) >= 11 is 0. The number of rotatable bonds is 4. The number of nitrogens with one attached hydrogen (secondary N) is 2. The predicted molar refractivity (Wildman–Crippen MR) is 81.6 cm³/mol. The Kier molecular flexibility index (Phi) is 6.95. The molecule has 0 radical (unpaired) electrons. The minimum Gasteiger partial charge on any atom is -0.352 e. The summed E-state index contributed by atoms with van der Waals surface area (Å²) in [6, 6.07) is 4.38. The Balaban J connectivity index is 0.000000200. The first-order valence-corrected chi connectivity index (χ1v) is 6.65. The van der Waals surface area contributed by atoms with Gasteiger partial charge in [0.2, 0.25) is 11.9 Å². The molecule has 2 heterocycles. The first-order valence-electron chi connectivity index (χ1n) is 6.65. The van der Waals surface area contributed by atoms with Crippen LogP contribution in [0.5, 0.6) is 0 Å². The lowest BCUT2D eigenvalue weighted by Crippen LogP contribution is -2.11. The first-order chi connectivity index (χ1) is 9.58. The van der Waals surface area contributed by atoms with Gasteiger partial charge in [0.15, 0.2) is 0 Å². The van der Waals surface area contributed by atoms with Crippen LogP contribution in [0, 0.1) is 0 Å². The van der Waals surface area contributed by atoms with Crippen molar-refractivity contribution < 1.29 is 0 Å². The van der Waals surface area contributed by atoms with Crippen molar-refractivity contribution in [3.05, 3.63) is 36.9 Å². The summed E-state index contributed by atoms with van der Waals surface area (Å²) in [6.45, 7) is 8.21. The van der Waals surface area contributed by atoms with Crippen molar-refractivity contribution in [2.75, 3.05) is 10.6 Å². The summed E-state index contributed by atoms with van der Waals surface area (Å²) in [5.74, 6) is 1.38. The monoisotopic (exact) mass is 274 g/mol. The molecule has 2 aromatic rings. The third kappa shape index (κ3) is 7.25. The lowest BCUT2D eigenvalue weighted by molar-refractivity contribution is 0.874. The molecule has 6 heteroatoms. The summed E-state index contributed by atoms with van der Waals surface area (Å²) in [7, 11) is 0. The Bertz CT molecular complexity index is 412. The third-order valence-electron chi connectivity index (χ3n) is 1.97. The molecule has 6 nitrogen and oxygen atoms in total. The second-order valence-electron chi connectivity index (χ2n) is 4.74. The lowest BCUT2D eigenvalue weighted by Gasteiger charge is -2.05. The van der Waals surface area contributed by atoms with Gasteiger partial charge in [0, 0.05) is 36.9 Å². The number of hydrogen-bond acceptors (Lipinski definition) is 6. The summed E-state index contributed by atoms with van der Waals surface area (Å²) < 4.78 is 0. The van der Waals surface area contributed by atoms with Crippen LogP contribution in [0.15, 0.2) is 36.9 Å². The molecule has 0 fully saturated rings. The van der Waals surface area contributed by atoms with Crippen molar-refractivity contribution in [3.63, 3.8) is 0 Å². The van der Waals surface area contributed by atoms with Crippen LogP contribution in [-0.4, -0.2) is 32.0 Å². The highest BCUT2D eigenvalue weighted by atomic mass is 15.1. The molecule has 0 atom stereocenters. The molecule has 0 spiro atoms. The molecule has 0 aliphatic rings. The van der Waals surface area contributed by atoms with E-state index >= 15 is 0 Å². The molecule has 0 saturated carbocycles. The molecule has 2 rings (SSSR count). The van der Waals surface area contributed by atoms with Gasteiger partial charge in [-0.15, -0.1) is 0 Å². The second-order valence-corrected chi connectivity index (χ2v) is 4.74. The van der Waals surface area contributed by atoms with Crippen molar-refractivity contribution in [2.24, 2.45) is 0 Å². The smallest absolute Gasteiger partial charge is 0.222 e. The summed E-state index contributed by atoms with van der Waals surface area (Å²) in [5.41, 5.74) is 0. The highest BCUT2D eigenvalue weighted by Gasteiger charge is 1.94. The molecule has 2 aromatic heterocycles. The van der Waals surface area contributed by atoms with Crippen LogP contribution < -0.4 is 10.6 Å². The first kappa shape index (κ1) is 15.8. The molecular weight excluding hydrogens is 252 g/mol. The summed E-state index contributed by atoms with van der Waals surface area (Å²) in [4.78, 5) is 16.0. The van der Waals surface area contributed by atoms with Gasteiger partial charge in [-0.3, -0.25) is 0 Å². The van der Waals surface area contributed by atoms with E-state index in [9.17, 15) is 0 Å². The van der Waals surface area contributed by atoms with Gasteiger partial charge in [0.1, 0.15) is 0 Å². The quantitative estimate of drug-likeness (QED) is 0.892. The van der Waals surface area contributed by atoms with E-state index < -0.39 is 0 Å². The van der Waals surface area contributed by atoms with Crippen LogP contribution in [0.4, 0.5) is 11.9 Å². The Labute approximate surface area is 120 Å². The van der Waals surface area contributed by atoms with Gasteiger partial charge >= 0.3 is 0 Å². The predicted octanol–water partition coefficient (Wildman–Crippen LogP) is 2.59. The molecule has 2 N–H and O–H groups in total. The third-order valence-corrected chi connectivity index (χ3v) is 1.97. The van der Waals surface area contributed by atoms with Gasteiger partial charge in [0.05, 0.1) is 0 Å². The fraction of sp³-hybridized carbons (Fsp3) is 0.429. The van der Waals surface area contributed by atoms with Crippen molar-refractivity contribution >= 4 is 11.9 Å². The van der Waals surface area contributed by atoms with Gasteiger partial charge < -0.3 is 10.6 Å². The maximum absolute atomic E-state index is 4.00. The minimum absolute atomic E-state index is 0.391. The van der Waals surface area contributed by atoms with Gasteiger partial charge in [-0.05, 0) is 39.8 Å². The Morgan fingerprint density at radius 3 is 1.20 bits per heavy atom. The van der Waals surface area contributed by atoms with Crippen LogP contribution >= 0.6 is 0 Å². The molecule has 0 aromatic carbocycles.